The SMILES string of the molecule is C[C@@H]1CCC[C@H](C)N1CCCCCN1C(=O)C(c2cccc(C#N)c2)Cc2ccccc21.C[C@@H]1CCC[C@H](C)N1CCCCCN1C(=O)C(c2cccc(CN)c2)Cc2ccccc21. The van der Waals surface area contributed by atoms with E-state index in [1.807, 2.05) is 52.3 Å². The number of carbonyl (C=O) groups excluding carboxylic acids is 2. The molecule has 2 unspecified atom stereocenters. The highest BCUT2D eigenvalue weighted by Crippen LogP contribution is 2.38. The number of benzene rings is 4. The van der Waals surface area contributed by atoms with Gasteiger partial charge in [-0.1, -0.05) is 98.5 Å². The minimum absolute atomic E-state index is 0.119. The quantitative estimate of drug-likeness (QED) is 0.120. The third-order valence-corrected chi connectivity index (χ3v) is 14.9. The molecule has 4 aromatic rings. The number of fused-ring (bicyclic) bond motifs is 2. The van der Waals surface area contributed by atoms with Crippen LogP contribution in [0.4, 0.5) is 11.4 Å². The van der Waals surface area contributed by atoms with Crippen LogP contribution in [0, 0.1) is 11.3 Å². The predicted octanol–water partition coefficient (Wildman–Crippen LogP) is 10.9. The summed E-state index contributed by atoms with van der Waals surface area (Å²) in [5, 5.41) is 9.28. The zero-order valence-electron chi connectivity index (χ0n) is 39.3. The molecule has 0 radical (unpaired) electrons. The molecule has 0 aromatic heterocycles. The van der Waals surface area contributed by atoms with Crippen molar-refractivity contribution in [1.29, 1.82) is 5.26 Å². The molecule has 2 fully saturated rings. The zero-order chi connectivity index (χ0) is 45.0. The van der Waals surface area contributed by atoms with E-state index < -0.39 is 0 Å². The van der Waals surface area contributed by atoms with E-state index in [0.29, 0.717) is 42.7 Å². The molecule has 8 rings (SSSR count). The molecule has 0 saturated carbocycles. The maximum absolute atomic E-state index is 13.6. The lowest BCUT2D eigenvalue weighted by atomic mass is 9.85. The van der Waals surface area contributed by atoms with E-state index in [9.17, 15) is 14.9 Å². The van der Waals surface area contributed by atoms with Gasteiger partial charge in [0.1, 0.15) is 0 Å². The Hall–Kier alpha value is -4.81. The molecule has 0 spiro atoms. The minimum atomic E-state index is -0.215. The average molecular weight is 863 g/mol. The highest BCUT2D eigenvalue weighted by Gasteiger charge is 2.35. The van der Waals surface area contributed by atoms with Crippen molar-refractivity contribution in [3.05, 3.63) is 130 Å². The fourth-order valence-corrected chi connectivity index (χ4v) is 11.2. The van der Waals surface area contributed by atoms with E-state index >= 15 is 0 Å². The molecule has 2 saturated heterocycles. The summed E-state index contributed by atoms with van der Waals surface area (Å²) >= 11 is 0. The van der Waals surface area contributed by atoms with Crippen LogP contribution in [-0.2, 0) is 29.0 Å². The molecule has 8 heteroatoms. The molecular weight excluding hydrogens is 789 g/mol. The lowest BCUT2D eigenvalue weighted by Crippen LogP contribution is -2.44. The third kappa shape index (κ3) is 11.5. The summed E-state index contributed by atoms with van der Waals surface area (Å²) in [7, 11) is 0. The first-order chi connectivity index (χ1) is 31.2. The number of nitrogens with two attached hydrogens (primary N) is 1. The number of unbranched alkanes of at least 4 members (excludes halogenated alkanes) is 4. The lowest BCUT2D eigenvalue weighted by molar-refractivity contribution is -0.121. The lowest BCUT2D eigenvalue weighted by Gasteiger charge is -2.39. The number of hydrogen-bond donors (Lipinski definition) is 1. The van der Waals surface area contributed by atoms with Crippen molar-refractivity contribution >= 4 is 23.2 Å². The number of rotatable bonds is 15. The fourth-order valence-electron chi connectivity index (χ4n) is 11.2. The molecule has 340 valence electrons. The number of amides is 2. The number of anilines is 2. The summed E-state index contributed by atoms with van der Waals surface area (Å²) in [5.74, 6) is 0.0629. The van der Waals surface area contributed by atoms with Crippen molar-refractivity contribution in [2.45, 2.75) is 160 Å². The van der Waals surface area contributed by atoms with E-state index in [1.54, 1.807) is 6.07 Å². The Labute approximate surface area is 384 Å². The molecule has 2 amide bonds. The summed E-state index contributed by atoms with van der Waals surface area (Å²) in [6.45, 7) is 13.9. The average Bonchev–Trinajstić information content (AvgIpc) is 3.31. The molecular formula is C56H74N6O2. The number of nitriles is 1. The number of nitrogens with zero attached hydrogens (tertiary/aromatic N) is 5. The maximum atomic E-state index is 13.6. The molecule has 4 heterocycles. The van der Waals surface area contributed by atoms with Crippen LogP contribution in [0.15, 0.2) is 97.1 Å². The Kier molecular flexibility index (Phi) is 16.9. The Morgan fingerprint density at radius 3 is 1.45 bits per heavy atom. The monoisotopic (exact) mass is 863 g/mol. The molecule has 4 aliphatic heterocycles. The van der Waals surface area contributed by atoms with E-state index in [1.165, 1.54) is 69.0 Å². The summed E-state index contributed by atoms with van der Waals surface area (Å²) < 4.78 is 0. The van der Waals surface area contributed by atoms with Crippen LogP contribution in [0.25, 0.3) is 0 Å². The van der Waals surface area contributed by atoms with Gasteiger partial charge in [0, 0.05) is 55.2 Å². The molecule has 64 heavy (non-hydrogen) atoms. The third-order valence-electron chi connectivity index (χ3n) is 14.9. The Balaban J connectivity index is 0.000000191. The number of piperidine rings is 2. The van der Waals surface area contributed by atoms with Gasteiger partial charge >= 0.3 is 0 Å². The first-order valence-corrected chi connectivity index (χ1v) is 24.8. The Morgan fingerprint density at radius 2 is 0.984 bits per heavy atom. The van der Waals surface area contributed by atoms with Crippen molar-refractivity contribution in [3.63, 3.8) is 0 Å². The summed E-state index contributed by atoms with van der Waals surface area (Å²) in [6, 6.07) is 37.5. The van der Waals surface area contributed by atoms with Crippen LogP contribution in [0.1, 0.15) is 150 Å². The minimum Gasteiger partial charge on any atom is -0.326 e. The largest absolute Gasteiger partial charge is 0.326 e. The predicted molar refractivity (Wildman–Crippen MR) is 263 cm³/mol. The molecule has 0 bridgehead atoms. The molecule has 6 atom stereocenters. The van der Waals surface area contributed by atoms with Gasteiger partial charge in [-0.3, -0.25) is 19.4 Å². The maximum Gasteiger partial charge on any atom is 0.234 e. The first kappa shape index (κ1) is 47.2. The molecule has 4 aromatic carbocycles. The summed E-state index contributed by atoms with van der Waals surface area (Å²) in [6.07, 6.45) is 16.2. The van der Waals surface area contributed by atoms with Crippen molar-refractivity contribution in [2.24, 2.45) is 5.73 Å². The van der Waals surface area contributed by atoms with Crippen molar-refractivity contribution in [3.8, 4) is 6.07 Å². The van der Waals surface area contributed by atoms with Gasteiger partial charge in [-0.25, -0.2) is 0 Å². The van der Waals surface area contributed by atoms with Gasteiger partial charge in [0.25, 0.3) is 0 Å². The summed E-state index contributed by atoms with van der Waals surface area (Å²) in [4.78, 5) is 36.5. The highest BCUT2D eigenvalue weighted by atomic mass is 16.2. The number of hydrogen-bond acceptors (Lipinski definition) is 6. The standard InChI is InChI=1S/C28H39N3O.C28H35N3O/c2*1-21-10-8-11-22(2)30(21)16-6-3-7-17-31-27-15-5-4-13-25(27)19-26(28(31)32)24-14-9-12-23(18-24)20-29/h4-5,9,12-15,18,21-22,26H,3,6-8,10-11,16-17,19-20,29H2,1-2H3;4-5,9,12-15,18,21-22,26H,3,6-8,10-11,16-17,19H2,1-2H3/t2*21-,22+,26?. The first-order valence-electron chi connectivity index (χ1n) is 24.8. The molecule has 8 nitrogen and oxygen atoms in total. The van der Waals surface area contributed by atoms with Crippen LogP contribution >= 0.6 is 0 Å². The number of likely N-dealkylation sites (tertiary alicyclic amines) is 2. The van der Waals surface area contributed by atoms with E-state index in [0.717, 1.165) is 79.8 Å². The van der Waals surface area contributed by atoms with Gasteiger partial charge in [-0.2, -0.15) is 5.26 Å². The topological polar surface area (TPSA) is 96.9 Å². The number of para-hydroxylation sites is 2. The molecule has 4 aliphatic rings. The van der Waals surface area contributed by atoms with Crippen LogP contribution in [0.3, 0.4) is 0 Å². The van der Waals surface area contributed by atoms with Crippen molar-refractivity contribution in [2.75, 3.05) is 36.0 Å². The fraction of sp³-hybridized carbons (Fsp3) is 0.518. The van der Waals surface area contributed by atoms with Crippen molar-refractivity contribution in [1.82, 2.24) is 9.80 Å². The van der Waals surface area contributed by atoms with Gasteiger partial charge in [-0.05, 0) is 157 Å². The second kappa shape index (κ2) is 22.9. The van der Waals surface area contributed by atoms with Crippen LogP contribution in [0.2, 0.25) is 0 Å². The number of carbonyl (C=O) groups is 2. The van der Waals surface area contributed by atoms with E-state index in [2.05, 4.69) is 92.1 Å². The van der Waals surface area contributed by atoms with Gasteiger partial charge in [0.2, 0.25) is 11.8 Å². The Morgan fingerprint density at radius 1 is 0.547 bits per heavy atom. The van der Waals surface area contributed by atoms with Gasteiger partial charge in [-0.15, -0.1) is 0 Å². The van der Waals surface area contributed by atoms with Gasteiger partial charge in [0.05, 0.1) is 23.5 Å². The normalized spacial score (nSPS) is 23.8. The van der Waals surface area contributed by atoms with E-state index in [-0.39, 0.29) is 23.7 Å². The van der Waals surface area contributed by atoms with E-state index in [4.69, 9.17) is 5.73 Å². The second-order valence-electron chi connectivity index (χ2n) is 19.3. The second-order valence-corrected chi connectivity index (χ2v) is 19.3. The smallest absolute Gasteiger partial charge is 0.234 e. The van der Waals surface area contributed by atoms with Crippen molar-refractivity contribution < 1.29 is 9.59 Å². The Bertz CT molecular complexity index is 2180. The molecule has 2 N–H and O–H groups in total. The van der Waals surface area contributed by atoms with Gasteiger partial charge in [0.15, 0.2) is 0 Å². The van der Waals surface area contributed by atoms with Crippen LogP contribution in [0.5, 0.6) is 0 Å². The zero-order valence-corrected chi connectivity index (χ0v) is 39.3. The molecule has 0 aliphatic carbocycles. The van der Waals surface area contributed by atoms with Crippen LogP contribution < -0.4 is 15.5 Å². The van der Waals surface area contributed by atoms with Crippen LogP contribution in [-0.4, -0.2) is 72.0 Å². The van der Waals surface area contributed by atoms with Gasteiger partial charge < -0.3 is 15.5 Å². The highest BCUT2D eigenvalue weighted by molar-refractivity contribution is 6.02. The summed E-state index contributed by atoms with van der Waals surface area (Å²) in [5.41, 5.74) is 14.2.